The van der Waals surface area contributed by atoms with Crippen LogP contribution in [0.25, 0.3) is 0 Å². The van der Waals surface area contributed by atoms with Crippen LogP contribution in [-0.2, 0) is 0 Å². The Labute approximate surface area is 117 Å². The molecule has 1 aromatic rings. The summed E-state index contributed by atoms with van der Waals surface area (Å²) in [4.78, 5) is 0. The average molecular weight is 261 g/mol. The summed E-state index contributed by atoms with van der Waals surface area (Å²) < 4.78 is 6.12. The first-order chi connectivity index (χ1) is 8.87. The van der Waals surface area contributed by atoms with E-state index in [9.17, 15) is 0 Å². The van der Waals surface area contributed by atoms with Gasteiger partial charge in [0.05, 0.1) is 0 Å². The van der Waals surface area contributed by atoms with Crippen LogP contribution < -0.4 is 10.1 Å². The van der Waals surface area contributed by atoms with E-state index < -0.39 is 0 Å². The third-order valence-corrected chi connectivity index (χ3v) is 3.74. The van der Waals surface area contributed by atoms with Crippen LogP contribution in [0.5, 0.6) is 5.75 Å². The highest BCUT2D eigenvalue weighted by Gasteiger charge is 2.33. The Morgan fingerprint density at radius 2 is 2.11 bits per heavy atom. The van der Waals surface area contributed by atoms with Gasteiger partial charge in [0.25, 0.3) is 0 Å². The van der Waals surface area contributed by atoms with Gasteiger partial charge in [-0.2, -0.15) is 0 Å². The Bertz CT molecular complexity index is 437. The van der Waals surface area contributed by atoms with Crippen LogP contribution in [0, 0.1) is 12.8 Å². The predicted octanol–water partition coefficient (Wildman–Crippen LogP) is 4.23. The fourth-order valence-corrected chi connectivity index (χ4v) is 2.69. The molecule has 2 heteroatoms. The number of rotatable bonds is 4. The largest absolute Gasteiger partial charge is 0.487 e. The Hall–Kier alpha value is -1.02. The lowest BCUT2D eigenvalue weighted by Gasteiger charge is -2.38. The van der Waals surface area contributed by atoms with Gasteiger partial charge < -0.3 is 10.1 Å². The molecule has 2 rings (SSSR count). The van der Waals surface area contributed by atoms with Crippen molar-refractivity contribution in [1.82, 2.24) is 5.32 Å². The molecule has 1 heterocycles. The van der Waals surface area contributed by atoms with Crippen LogP contribution >= 0.6 is 0 Å². The third kappa shape index (κ3) is 3.73. The summed E-state index contributed by atoms with van der Waals surface area (Å²) in [5.41, 5.74) is 2.49. The van der Waals surface area contributed by atoms with Crippen LogP contribution in [0.15, 0.2) is 18.2 Å². The van der Waals surface area contributed by atoms with Crippen molar-refractivity contribution in [2.75, 3.05) is 6.54 Å². The molecular weight excluding hydrogens is 234 g/mol. The Morgan fingerprint density at radius 1 is 1.37 bits per heavy atom. The van der Waals surface area contributed by atoms with Crippen molar-refractivity contribution >= 4 is 0 Å². The molecule has 0 fully saturated rings. The van der Waals surface area contributed by atoms with Crippen molar-refractivity contribution in [3.63, 3.8) is 0 Å². The molecule has 0 bridgehead atoms. The SMILES string of the molecule is Cc1ccc2c(c1)OC(C)(C)CC2NCCC(C)C. The number of nitrogens with one attached hydrogen (secondary N) is 1. The van der Waals surface area contributed by atoms with Crippen molar-refractivity contribution in [3.05, 3.63) is 29.3 Å². The Morgan fingerprint density at radius 3 is 2.79 bits per heavy atom. The molecule has 1 aliphatic rings. The maximum Gasteiger partial charge on any atom is 0.125 e. The van der Waals surface area contributed by atoms with Crippen LogP contribution in [0.3, 0.4) is 0 Å². The molecule has 1 unspecified atom stereocenters. The minimum atomic E-state index is -0.0870. The van der Waals surface area contributed by atoms with E-state index in [0.29, 0.717) is 6.04 Å². The molecule has 2 nitrogen and oxygen atoms in total. The fourth-order valence-electron chi connectivity index (χ4n) is 2.69. The summed E-state index contributed by atoms with van der Waals surface area (Å²) >= 11 is 0. The minimum Gasteiger partial charge on any atom is -0.487 e. The Kier molecular flexibility index (Phi) is 4.19. The second-order valence-corrected chi connectivity index (χ2v) is 6.80. The number of benzene rings is 1. The van der Waals surface area contributed by atoms with Gasteiger partial charge in [0, 0.05) is 18.0 Å². The van der Waals surface area contributed by atoms with Gasteiger partial charge in [-0.3, -0.25) is 0 Å². The maximum absolute atomic E-state index is 6.12. The van der Waals surface area contributed by atoms with Gasteiger partial charge in [0.15, 0.2) is 0 Å². The topological polar surface area (TPSA) is 21.3 Å². The molecule has 1 atom stereocenters. The van der Waals surface area contributed by atoms with Crippen LogP contribution in [-0.4, -0.2) is 12.1 Å². The van der Waals surface area contributed by atoms with Crippen molar-refractivity contribution in [3.8, 4) is 5.75 Å². The summed E-state index contributed by atoms with van der Waals surface area (Å²) in [5.74, 6) is 1.80. The summed E-state index contributed by atoms with van der Waals surface area (Å²) in [6.45, 7) is 12.1. The van der Waals surface area contributed by atoms with E-state index in [1.807, 2.05) is 0 Å². The van der Waals surface area contributed by atoms with Crippen LogP contribution in [0.1, 0.15) is 57.7 Å². The molecule has 106 valence electrons. The summed E-state index contributed by atoms with van der Waals surface area (Å²) in [7, 11) is 0. The smallest absolute Gasteiger partial charge is 0.125 e. The van der Waals surface area contributed by atoms with E-state index in [0.717, 1.165) is 24.6 Å². The molecule has 0 saturated heterocycles. The van der Waals surface area contributed by atoms with Crippen LogP contribution in [0.2, 0.25) is 0 Å². The standard InChI is InChI=1S/C17H27NO/c1-12(2)8-9-18-15-11-17(4,5)19-16-10-13(3)6-7-14(15)16/h6-7,10,12,15,18H,8-9,11H2,1-5H3. The molecule has 1 aliphatic heterocycles. The van der Waals surface area contributed by atoms with E-state index in [1.165, 1.54) is 17.5 Å². The summed E-state index contributed by atoms with van der Waals surface area (Å²) in [5, 5.41) is 3.70. The van der Waals surface area contributed by atoms with Gasteiger partial charge in [0.1, 0.15) is 11.4 Å². The maximum atomic E-state index is 6.12. The van der Waals surface area contributed by atoms with Crippen molar-refractivity contribution < 1.29 is 4.74 Å². The van der Waals surface area contributed by atoms with Gasteiger partial charge in [-0.15, -0.1) is 0 Å². The molecule has 19 heavy (non-hydrogen) atoms. The quantitative estimate of drug-likeness (QED) is 0.875. The Balaban J connectivity index is 2.15. The second kappa shape index (κ2) is 5.54. The zero-order valence-electron chi connectivity index (χ0n) is 12.9. The summed E-state index contributed by atoms with van der Waals surface area (Å²) in [6.07, 6.45) is 2.25. The number of hydrogen-bond donors (Lipinski definition) is 1. The highest BCUT2D eigenvalue weighted by molar-refractivity contribution is 5.41. The van der Waals surface area contributed by atoms with E-state index in [1.54, 1.807) is 0 Å². The normalized spacial score (nSPS) is 21.1. The van der Waals surface area contributed by atoms with E-state index >= 15 is 0 Å². The third-order valence-electron chi connectivity index (χ3n) is 3.74. The lowest BCUT2D eigenvalue weighted by Crippen LogP contribution is -2.39. The fraction of sp³-hybridized carbons (Fsp3) is 0.647. The minimum absolute atomic E-state index is 0.0870. The van der Waals surface area contributed by atoms with Crippen molar-refractivity contribution in [2.45, 2.75) is 59.1 Å². The van der Waals surface area contributed by atoms with E-state index in [-0.39, 0.29) is 5.60 Å². The first-order valence-corrected chi connectivity index (χ1v) is 7.40. The number of ether oxygens (including phenoxy) is 1. The molecule has 0 saturated carbocycles. The van der Waals surface area contributed by atoms with Gasteiger partial charge in [0.2, 0.25) is 0 Å². The molecule has 0 amide bonds. The molecule has 1 N–H and O–H groups in total. The first kappa shape index (κ1) is 14.4. The number of aryl methyl sites for hydroxylation is 1. The molecule has 0 aliphatic carbocycles. The second-order valence-electron chi connectivity index (χ2n) is 6.80. The number of fused-ring (bicyclic) bond motifs is 1. The van der Waals surface area contributed by atoms with Gasteiger partial charge in [-0.05, 0) is 51.3 Å². The first-order valence-electron chi connectivity index (χ1n) is 7.40. The lowest BCUT2D eigenvalue weighted by molar-refractivity contribution is 0.0658. The lowest BCUT2D eigenvalue weighted by atomic mass is 9.89. The van der Waals surface area contributed by atoms with Gasteiger partial charge >= 0.3 is 0 Å². The average Bonchev–Trinajstić information content (AvgIpc) is 2.26. The summed E-state index contributed by atoms with van der Waals surface area (Å²) in [6, 6.07) is 6.97. The predicted molar refractivity (Wildman–Crippen MR) is 80.7 cm³/mol. The molecular formula is C17H27NO. The van der Waals surface area contributed by atoms with Crippen LogP contribution in [0.4, 0.5) is 0 Å². The molecule has 1 aromatic carbocycles. The highest BCUT2D eigenvalue weighted by atomic mass is 16.5. The molecule has 0 radical (unpaired) electrons. The van der Waals surface area contributed by atoms with Crippen molar-refractivity contribution in [1.29, 1.82) is 0 Å². The zero-order valence-corrected chi connectivity index (χ0v) is 12.9. The zero-order chi connectivity index (χ0) is 14.0. The molecule has 0 aromatic heterocycles. The molecule has 0 spiro atoms. The van der Waals surface area contributed by atoms with E-state index in [2.05, 4.69) is 58.1 Å². The van der Waals surface area contributed by atoms with Gasteiger partial charge in [-0.25, -0.2) is 0 Å². The monoisotopic (exact) mass is 261 g/mol. The van der Waals surface area contributed by atoms with Crippen molar-refractivity contribution in [2.24, 2.45) is 5.92 Å². The van der Waals surface area contributed by atoms with Gasteiger partial charge in [-0.1, -0.05) is 26.0 Å². The van der Waals surface area contributed by atoms with E-state index in [4.69, 9.17) is 4.74 Å². The number of hydrogen-bond acceptors (Lipinski definition) is 2. The highest BCUT2D eigenvalue weighted by Crippen LogP contribution is 2.39.